The number of nitrogens with zero attached hydrogens (tertiary/aromatic N) is 1. The lowest BCUT2D eigenvalue weighted by atomic mass is 10.0. The summed E-state index contributed by atoms with van der Waals surface area (Å²) in [5.41, 5.74) is 3.35. The van der Waals surface area contributed by atoms with Crippen LogP contribution in [0.4, 0.5) is 0 Å². The van der Waals surface area contributed by atoms with Gasteiger partial charge in [0.05, 0.1) is 17.8 Å². The third-order valence-corrected chi connectivity index (χ3v) is 4.69. The highest BCUT2D eigenvalue weighted by Crippen LogP contribution is 2.29. The second kappa shape index (κ2) is 9.63. The van der Waals surface area contributed by atoms with Gasteiger partial charge in [0.25, 0.3) is 5.91 Å². The summed E-state index contributed by atoms with van der Waals surface area (Å²) in [6, 6.07) is 16.5. The van der Waals surface area contributed by atoms with E-state index < -0.39 is 12.0 Å². The second-order valence-electron chi connectivity index (χ2n) is 6.20. The molecule has 1 atom stereocenters. The standard InChI is InChI=1S/C22H20Cl2N2O3/c1-3-28-20-10-8-15(17-6-4-5-7-18(17)20)13-25-26-22(27)14(2)29-21-11-9-16(23)12-19(21)24/h4-14H,3H2,1-2H3,(H,26,27)/b25-13-/t14-/m0/s1. The van der Waals surface area contributed by atoms with Gasteiger partial charge in [-0.1, -0.05) is 47.5 Å². The van der Waals surface area contributed by atoms with E-state index in [0.29, 0.717) is 22.4 Å². The van der Waals surface area contributed by atoms with Gasteiger partial charge < -0.3 is 9.47 Å². The van der Waals surface area contributed by atoms with Gasteiger partial charge in [-0.3, -0.25) is 4.79 Å². The average Bonchev–Trinajstić information content (AvgIpc) is 2.71. The number of halogens is 2. The number of hydrazone groups is 1. The first kappa shape index (κ1) is 21.0. The largest absolute Gasteiger partial charge is 0.493 e. The highest BCUT2D eigenvalue weighted by Gasteiger charge is 2.15. The van der Waals surface area contributed by atoms with Crippen molar-refractivity contribution in [3.05, 3.63) is 70.2 Å². The molecule has 0 aliphatic rings. The lowest BCUT2D eigenvalue weighted by Crippen LogP contribution is -2.33. The molecule has 0 aliphatic carbocycles. The van der Waals surface area contributed by atoms with Gasteiger partial charge in [0.1, 0.15) is 11.5 Å². The zero-order valence-corrected chi connectivity index (χ0v) is 17.5. The number of hydrogen-bond donors (Lipinski definition) is 1. The molecule has 5 nitrogen and oxygen atoms in total. The number of fused-ring (bicyclic) bond motifs is 1. The number of amides is 1. The van der Waals surface area contributed by atoms with Crippen LogP contribution >= 0.6 is 23.2 Å². The van der Waals surface area contributed by atoms with Crippen molar-refractivity contribution in [2.24, 2.45) is 5.10 Å². The fourth-order valence-corrected chi connectivity index (χ4v) is 3.21. The van der Waals surface area contributed by atoms with Crippen LogP contribution in [0, 0.1) is 0 Å². The molecule has 3 aromatic carbocycles. The van der Waals surface area contributed by atoms with Gasteiger partial charge in [-0.2, -0.15) is 5.10 Å². The highest BCUT2D eigenvalue weighted by atomic mass is 35.5. The van der Waals surface area contributed by atoms with Crippen LogP contribution in [0.1, 0.15) is 19.4 Å². The molecular formula is C22H20Cl2N2O3. The number of ether oxygens (including phenoxy) is 2. The highest BCUT2D eigenvalue weighted by molar-refractivity contribution is 6.35. The summed E-state index contributed by atoms with van der Waals surface area (Å²) in [5, 5.41) is 6.86. The number of carbonyl (C=O) groups is 1. The van der Waals surface area contributed by atoms with Crippen molar-refractivity contribution in [2.75, 3.05) is 6.61 Å². The van der Waals surface area contributed by atoms with Crippen molar-refractivity contribution >= 4 is 46.1 Å². The first-order valence-electron chi connectivity index (χ1n) is 9.08. The third kappa shape index (κ3) is 5.19. The molecule has 29 heavy (non-hydrogen) atoms. The maximum absolute atomic E-state index is 12.3. The molecule has 0 fully saturated rings. The van der Waals surface area contributed by atoms with Crippen LogP contribution < -0.4 is 14.9 Å². The molecule has 3 aromatic rings. The van der Waals surface area contributed by atoms with Gasteiger partial charge in [-0.15, -0.1) is 0 Å². The van der Waals surface area contributed by atoms with Gasteiger partial charge in [-0.05, 0) is 49.6 Å². The lowest BCUT2D eigenvalue weighted by molar-refractivity contribution is -0.127. The third-order valence-electron chi connectivity index (χ3n) is 4.16. The Morgan fingerprint density at radius 3 is 2.55 bits per heavy atom. The minimum Gasteiger partial charge on any atom is -0.493 e. The maximum Gasteiger partial charge on any atom is 0.280 e. The monoisotopic (exact) mass is 430 g/mol. The van der Waals surface area contributed by atoms with Crippen LogP contribution in [0.5, 0.6) is 11.5 Å². The molecular weight excluding hydrogens is 411 g/mol. The van der Waals surface area contributed by atoms with Crippen molar-refractivity contribution in [1.82, 2.24) is 5.43 Å². The summed E-state index contributed by atoms with van der Waals surface area (Å²) >= 11 is 11.9. The number of benzene rings is 3. The van der Waals surface area contributed by atoms with Gasteiger partial charge in [-0.25, -0.2) is 5.43 Å². The lowest BCUT2D eigenvalue weighted by Gasteiger charge is -2.14. The Hall–Kier alpha value is -2.76. The predicted molar refractivity (Wildman–Crippen MR) is 117 cm³/mol. The summed E-state index contributed by atoms with van der Waals surface area (Å²) in [7, 11) is 0. The number of nitrogens with one attached hydrogen (secondary N) is 1. The molecule has 0 aromatic heterocycles. The number of carbonyl (C=O) groups excluding carboxylic acids is 1. The Morgan fingerprint density at radius 1 is 1.10 bits per heavy atom. The SMILES string of the molecule is CCOc1ccc(/C=N\NC(=O)[C@H](C)Oc2ccc(Cl)cc2Cl)c2ccccc12. The normalized spacial score (nSPS) is 12.1. The zero-order chi connectivity index (χ0) is 20.8. The molecule has 0 heterocycles. The van der Waals surface area contributed by atoms with Crippen LogP contribution in [-0.2, 0) is 4.79 Å². The summed E-state index contributed by atoms with van der Waals surface area (Å²) in [6.45, 7) is 4.14. The molecule has 0 spiro atoms. The van der Waals surface area contributed by atoms with E-state index in [0.717, 1.165) is 22.1 Å². The molecule has 150 valence electrons. The topological polar surface area (TPSA) is 59.9 Å². The van der Waals surface area contributed by atoms with Crippen LogP contribution in [0.2, 0.25) is 10.0 Å². The molecule has 1 amide bonds. The Bertz CT molecular complexity index is 1050. The summed E-state index contributed by atoms with van der Waals surface area (Å²) < 4.78 is 11.3. The average molecular weight is 431 g/mol. The van der Waals surface area contributed by atoms with E-state index in [1.807, 2.05) is 43.3 Å². The van der Waals surface area contributed by atoms with E-state index in [1.165, 1.54) is 0 Å². The van der Waals surface area contributed by atoms with Crippen molar-refractivity contribution < 1.29 is 14.3 Å². The maximum atomic E-state index is 12.3. The van der Waals surface area contributed by atoms with E-state index >= 15 is 0 Å². The fraction of sp³-hybridized carbons (Fsp3) is 0.182. The van der Waals surface area contributed by atoms with Crippen molar-refractivity contribution in [1.29, 1.82) is 0 Å². The quantitative estimate of drug-likeness (QED) is 0.399. The Morgan fingerprint density at radius 2 is 1.83 bits per heavy atom. The molecule has 3 rings (SSSR count). The number of hydrogen-bond acceptors (Lipinski definition) is 4. The minimum absolute atomic E-state index is 0.335. The number of rotatable bonds is 7. The molecule has 0 saturated carbocycles. The van der Waals surface area contributed by atoms with Crippen molar-refractivity contribution in [2.45, 2.75) is 20.0 Å². The molecule has 7 heteroatoms. The van der Waals surface area contributed by atoms with E-state index in [4.69, 9.17) is 32.7 Å². The zero-order valence-electron chi connectivity index (χ0n) is 16.0. The van der Waals surface area contributed by atoms with E-state index in [2.05, 4.69) is 10.5 Å². The van der Waals surface area contributed by atoms with Gasteiger partial charge >= 0.3 is 0 Å². The van der Waals surface area contributed by atoms with Gasteiger partial charge in [0.2, 0.25) is 0 Å². The molecule has 0 bridgehead atoms. The molecule has 1 N–H and O–H groups in total. The summed E-state index contributed by atoms with van der Waals surface area (Å²) in [6.07, 6.45) is 0.806. The fourth-order valence-electron chi connectivity index (χ4n) is 2.76. The minimum atomic E-state index is -0.789. The first-order chi connectivity index (χ1) is 14.0. The smallest absolute Gasteiger partial charge is 0.280 e. The van der Waals surface area contributed by atoms with E-state index in [1.54, 1.807) is 31.3 Å². The molecule has 0 radical (unpaired) electrons. The van der Waals surface area contributed by atoms with Gasteiger partial charge in [0.15, 0.2) is 6.10 Å². The molecule has 0 saturated heterocycles. The molecule has 0 unspecified atom stereocenters. The van der Waals surface area contributed by atoms with Crippen LogP contribution in [0.15, 0.2) is 59.7 Å². The van der Waals surface area contributed by atoms with Crippen molar-refractivity contribution in [3.8, 4) is 11.5 Å². The first-order valence-corrected chi connectivity index (χ1v) is 9.84. The molecule has 0 aliphatic heterocycles. The summed E-state index contributed by atoms with van der Waals surface area (Å²) in [4.78, 5) is 12.3. The Kier molecular flexibility index (Phi) is 6.96. The van der Waals surface area contributed by atoms with Crippen molar-refractivity contribution in [3.63, 3.8) is 0 Å². The second-order valence-corrected chi connectivity index (χ2v) is 7.04. The van der Waals surface area contributed by atoms with Crippen LogP contribution in [0.25, 0.3) is 10.8 Å². The van der Waals surface area contributed by atoms with Crippen LogP contribution in [0.3, 0.4) is 0 Å². The summed E-state index contributed by atoms with van der Waals surface area (Å²) in [5.74, 6) is 0.786. The van der Waals surface area contributed by atoms with E-state index in [-0.39, 0.29) is 0 Å². The van der Waals surface area contributed by atoms with Crippen LogP contribution in [-0.4, -0.2) is 24.8 Å². The van der Waals surface area contributed by atoms with Gasteiger partial charge in [0, 0.05) is 16.0 Å². The Labute approximate surface area is 179 Å². The Balaban J connectivity index is 1.69. The predicted octanol–water partition coefficient (Wildman–Crippen LogP) is 5.46. The van der Waals surface area contributed by atoms with E-state index in [9.17, 15) is 4.79 Å².